The summed E-state index contributed by atoms with van der Waals surface area (Å²) >= 11 is 11.7. The van der Waals surface area contributed by atoms with Crippen molar-refractivity contribution in [2.45, 2.75) is 25.7 Å². The first-order chi connectivity index (χ1) is 11.2. The number of nitrogens with one attached hydrogen (secondary N) is 1. The van der Waals surface area contributed by atoms with Gasteiger partial charge in [0.2, 0.25) is 5.91 Å². The summed E-state index contributed by atoms with van der Waals surface area (Å²) in [4.78, 5) is 13.8. The molecule has 0 fully saturated rings. The molecule has 0 spiro atoms. The number of rotatable bonds is 12. The smallest absolute Gasteiger partial charge is 1.00 e. The van der Waals surface area contributed by atoms with Crippen LogP contribution in [0.1, 0.15) is 24.8 Å². The fraction of sp³-hybridized carbons (Fsp3) is 0.588. The molecule has 0 radical (unpaired) electrons. The Morgan fingerprint density at radius 2 is 1.59 bits per heavy atom. The van der Waals surface area contributed by atoms with Crippen LogP contribution in [0.15, 0.2) is 24.3 Å². The molecule has 0 bridgehead atoms. The van der Waals surface area contributed by atoms with Crippen LogP contribution in [0.25, 0.3) is 0 Å². The van der Waals surface area contributed by atoms with Crippen molar-refractivity contribution < 1.29 is 50.7 Å². The molecule has 6 N–H and O–H groups in total. The molecule has 0 aliphatic heterocycles. The largest absolute Gasteiger partial charge is 2.00 e. The van der Waals surface area contributed by atoms with Crippen molar-refractivity contribution in [3.63, 3.8) is 0 Å². The molecule has 0 saturated heterocycles. The van der Waals surface area contributed by atoms with E-state index in [4.69, 9.17) is 28.9 Å². The van der Waals surface area contributed by atoms with Crippen LogP contribution >= 0.6 is 23.2 Å². The molecular formula is C17H30Cl4N4OPt. The summed E-state index contributed by atoms with van der Waals surface area (Å²) in [6.45, 7) is 2.85. The van der Waals surface area contributed by atoms with Gasteiger partial charge in [-0.2, -0.15) is 0 Å². The zero-order valence-corrected chi connectivity index (χ0v) is 20.6. The molecule has 5 nitrogen and oxygen atoms in total. The molecule has 0 aliphatic carbocycles. The summed E-state index contributed by atoms with van der Waals surface area (Å²) in [5.41, 5.74) is 7.76. The topological polar surface area (TPSA) is 93.4 Å². The molecule has 0 heterocycles. The van der Waals surface area contributed by atoms with Crippen LogP contribution in [0.5, 0.6) is 0 Å². The van der Waals surface area contributed by atoms with Gasteiger partial charge in [-0.05, 0) is 43.5 Å². The van der Waals surface area contributed by atoms with E-state index in [2.05, 4.69) is 34.5 Å². The summed E-state index contributed by atoms with van der Waals surface area (Å²) in [6, 6.07) is 8.40. The van der Waals surface area contributed by atoms with Gasteiger partial charge in [-0.1, -0.05) is 12.1 Å². The Kier molecular flexibility index (Phi) is 29.0. The molecule has 0 saturated carbocycles. The van der Waals surface area contributed by atoms with Gasteiger partial charge in [-0.15, -0.1) is 23.2 Å². The minimum atomic E-state index is 0. The minimum absolute atomic E-state index is 0. The predicted octanol–water partition coefficient (Wildman–Crippen LogP) is -3.07. The molecule has 162 valence electrons. The van der Waals surface area contributed by atoms with E-state index < -0.39 is 0 Å². The normalized spacial score (nSPS) is 9.00. The third kappa shape index (κ3) is 15.8. The van der Waals surface area contributed by atoms with Crippen molar-refractivity contribution in [1.82, 2.24) is 11.5 Å². The fourth-order valence-corrected chi connectivity index (χ4v) is 2.73. The van der Waals surface area contributed by atoms with Gasteiger partial charge in [0.05, 0.1) is 0 Å². The Bertz CT molecular complexity index is 449. The number of amides is 1. The first kappa shape index (κ1) is 34.7. The van der Waals surface area contributed by atoms with Gasteiger partial charge >= 0.3 is 21.1 Å². The number of anilines is 1. The van der Waals surface area contributed by atoms with Crippen LogP contribution < -0.4 is 46.9 Å². The third-order valence-corrected chi connectivity index (χ3v) is 3.92. The fourth-order valence-electron chi connectivity index (χ4n) is 2.32. The Labute approximate surface area is 200 Å². The van der Waals surface area contributed by atoms with Crippen molar-refractivity contribution in [3.05, 3.63) is 29.8 Å². The van der Waals surface area contributed by atoms with Gasteiger partial charge in [0.1, 0.15) is 0 Å². The Balaban J connectivity index is -0.000000661. The number of hydrogen-bond acceptors (Lipinski definition) is 4. The van der Waals surface area contributed by atoms with Crippen molar-refractivity contribution in [2.24, 2.45) is 5.73 Å². The number of alkyl halides is 2. The molecule has 0 unspecified atom stereocenters. The van der Waals surface area contributed by atoms with E-state index in [0.29, 0.717) is 31.3 Å². The van der Waals surface area contributed by atoms with Crippen molar-refractivity contribution in [3.8, 4) is 0 Å². The first-order valence-corrected chi connectivity index (χ1v) is 9.20. The van der Waals surface area contributed by atoms with Gasteiger partial charge < -0.3 is 46.9 Å². The van der Waals surface area contributed by atoms with E-state index in [1.165, 1.54) is 5.56 Å². The minimum Gasteiger partial charge on any atom is -1.00 e. The Morgan fingerprint density at radius 3 is 2.07 bits per heavy atom. The van der Waals surface area contributed by atoms with Gasteiger partial charge in [-0.3, -0.25) is 4.79 Å². The van der Waals surface area contributed by atoms with E-state index in [1.807, 2.05) is 0 Å². The number of hydrogen-bond donors (Lipinski definition) is 3. The quantitative estimate of drug-likeness (QED) is 0.167. The summed E-state index contributed by atoms with van der Waals surface area (Å²) in [5, 5.41) is 2.87. The summed E-state index contributed by atoms with van der Waals surface area (Å²) in [6.07, 6.45) is 3.13. The summed E-state index contributed by atoms with van der Waals surface area (Å²) in [5.74, 6) is 1.26. The van der Waals surface area contributed by atoms with Crippen LogP contribution in [0, 0.1) is 0 Å². The van der Waals surface area contributed by atoms with Crippen LogP contribution in [0.4, 0.5) is 5.69 Å². The molecular weight excluding hydrogens is 613 g/mol. The Morgan fingerprint density at radius 1 is 1.04 bits per heavy atom. The zero-order chi connectivity index (χ0) is 16.9. The summed E-state index contributed by atoms with van der Waals surface area (Å²) < 4.78 is 0. The van der Waals surface area contributed by atoms with Gasteiger partial charge in [0.15, 0.2) is 0 Å². The number of halogens is 4. The first-order valence-electron chi connectivity index (χ1n) is 8.13. The molecule has 0 atom stereocenters. The molecule has 0 aromatic heterocycles. The molecule has 1 rings (SSSR count). The molecule has 1 aromatic rings. The van der Waals surface area contributed by atoms with Gasteiger partial charge in [-0.25, -0.2) is 0 Å². The maximum absolute atomic E-state index is 11.6. The number of carbonyl (C=O) groups is 1. The number of benzene rings is 1. The number of nitrogens with two attached hydrogens (primary N) is 1. The van der Waals surface area contributed by atoms with Crippen molar-refractivity contribution in [1.29, 1.82) is 0 Å². The Hall–Kier alpha value is 0.258. The SMILES string of the molecule is N.NCCCNC(=O)CCCc1ccc(N(CCCl)CCCl)cc1.[Cl-].[Cl-].[Pt+2]. The zero-order valence-electron chi connectivity index (χ0n) is 15.3. The van der Waals surface area contributed by atoms with Crippen LogP contribution in [0.3, 0.4) is 0 Å². The van der Waals surface area contributed by atoms with Gasteiger partial charge in [0.25, 0.3) is 0 Å². The van der Waals surface area contributed by atoms with Crippen molar-refractivity contribution >= 4 is 34.8 Å². The second-order valence-corrected chi connectivity index (χ2v) is 6.13. The maximum atomic E-state index is 11.6. The molecule has 1 aromatic carbocycles. The van der Waals surface area contributed by atoms with E-state index in [1.54, 1.807) is 0 Å². The van der Waals surface area contributed by atoms with Crippen LogP contribution in [-0.4, -0.2) is 43.8 Å². The average Bonchev–Trinajstić information content (AvgIpc) is 2.56. The monoisotopic (exact) mass is 641 g/mol. The predicted molar refractivity (Wildman–Crippen MR) is 105 cm³/mol. The van der Waals surface area contributed by atoms with E-state index in [9.17, 15) is 4.79 Å². The second-order valence-electron chi connectivity index (χ2n) is 5.38. The van der Waals surface area contributed by atoms with E-state index in [0.717, 1.165) is 38.0 Å². The van der Waals surface area contributed by atoms with Gasteiger partial charge in [0, 0.05) is 43.5 Å². The van der Waals surface area contributed by atoms with Crippen LogP contribution in [-0.2, 0) is 32.3 Å². The molecule has 10 heteroatoms. The third-order valence-electron chi connectivity index (χ3n) is 3.58. The molecule has 27 heavy (non-hydrogen) atoms. The van der Waals surface area contributed by atoms with Crippen molar-refractivity contribution in [2.75, 3.05) is 42.8 Å². The second kappa shape index (κ2) is 22.5. The number of aryl methyl sites for hydroxylation is 1. The van der Waals surface area contributed by atoms with Crippen LogP contribution in [0.2, 0.25) is 0 Å². The average molecular weight is 643 g/mol. The number of carbonyl (C=O) groups excluding carboxylic acids is 1. The standard InChI is InChI=1S/C17H27Cl2N3O.2ClH.H3N.Pt/c18-9-13-22(14-10-19)16-7-5-15(6-8-16)3-1-4-17(23)21-12-2-11-20;;;;/h5-8H,1-4,9-14,20H2,(H,21,23);2*1H;1H3;/q;;;;+2/p-2. The molecule has 0 aliphatic rings. The van der Waals surface area contributed by atoms with E-state index >= 15 is 0 Å². The van der Waals surface area contributed by atoms with E-state index in [-0.39, 0.29) is 57.9 Å². The number of nitrogens with zero attached hydrogens (tertiary/aromatic N) is 1. The maximum Gasteiger partial charge on any atom is 2.00 e. The molecule has 1 amide bonds. The summed E-state index contributed by atoms with van der Waals surface area (Å²) in [7, 11) is 0.